The Bertz CT molecular complexity index is 966. The van der Waals surface area contributed by atoms with Gasteiger partial charge < -0.3 is 4.74 Å². The summed E-state index contributed by atoms with van der Waals surface area (Å²) in [5.74, 6) is 1.72. The fraction of sp³-hybridized carbons (Fsp3) is 0.211. The molecule has 0 aliphatic heterocycles. The van der Waals surface area contributed by atoms with Crippen LogP contribution in [0.4, 0.5) is 0 Å². The third-order valence-electron chi connectivity index (χ3n) is 4.09. The Morgan fingerprint density at radius 2 is 1.69 bits per heavy atom. The molecular formula is C19H19ClN4OS. The topological polar surface area (TPSA) is 52.3 Å². The molecular weight excluding hydrogens is 368 g/mol. The minimum atomic E-state index is 0. The van der Waals surface area contributed by atoms with E-state index in [2.05, 4.69) is 34.5 Å². The molecule has 0 unspecified atom stereocenters. The lowest BCUT2D eigenvalue weighted by molar-refractivity contribution is 0.414. The fourth-order valence-corrected chi connectivity index (χ4v) is 3.58. The van der Waals surface area contributed by atoms with Crippen molar-refractivity contribution in [2.75, 3.05) is 7.11 Å². The number of aryl methyl sites for hydroxylation is 2. The highest BCUT2D eigenvalue weighted by Crippen LogP contribution is 2.19. The average Bonchev–Trinajstić information content (AvgIpc) is 3.23. The number of halogens is 1. The van der Waals surface area contributed by atoms with Crippen molar-refractivity contribution in [2.24, 2.45) is 0 Å². The standard InChI is InChI=1S/C19H18N4OS.ClH/c1-24-16-10-7-15(8-11-16)13-17-20-21-19-23(17)22-18(25-19)12-9-14-5-3-2-4-6-14;/h2-8,10-11H,9,12-13H2,1H3;1H. The summed E-state index contributed by atoms with van der Waals surface area (Å²) >= 11 is 1.61. The second-order valence-electron chi connectivity index (χ2n) is 5.82. The van der Waals surface area contributed by atoms with Gasteiger partial charge in [-0.2, -0.15) is 9.61 Å². The van der Waals surface area contributed by atoms with E-state index in [1.165, 1.54) is 5.56 Å². The number of aromatic nitrogens is 4. The lowest BCUT2D eigenvalue weighted by Gasteiger charge is -2.01. The predicted octanol–water partition coefficient (Wildman–Crippen LogP) is 3.99. The van der Waals surface area contributed by atoms with E-state index in [-0.39, 0.29) is 12.4 Å². The van der Waals surface area contributed by atoms with E-state index in [9.17, 15) is 0 Å². The molecule has 134 valence electrons. The highest BCUT2D eigenvalue weighted by atomic mass is 35.5. The first-order valence-electron chi connectivity index (χ1n) is 8.18. The minimum Gasteiger partial charge on any atom is -0.497 e. The van der Waals surface area contributed by atoms with Gasteiger partial charge in [-0.15, -0.1) is 22.6 Å². The molecule has 4 rings (SSSR count). The molecule has 2 aromatic carbocycles. The summed E-state index contributed by atoms with van der Waals surface area (Å²) in [6, 6.07) is 18.5. The predicted molar refractivity (Wildman–Crippen MR) is 106 cm³/mol. The third kappa shape index (κ3) is 4.03. The van der Waals surface area contributed by atoms with Crippen LogP contribution >= 0.6 is 23.7 Å². The van der Waals surface area contributed by atoms with E-state index >= 15 is 0 Å². The van der Waals surface area contributed by atoms with E-state index in [0.29, 0.717) is 6.42 Å². The van der Waals surface area contributed by atoms with E-state index in [0.717, 1.165) is 39.9 Å². The first-order chi connectivity index (χ1) is 12.3. The van der Waals surface area contributed by atoms with Gasteiger partial charge in [0.1, 0.15) is 10.8 Å². The largest absolute Gasteiger partial charge is 0.497 e. The van der Waals surface area contributed by atoms with Crippen LogP contribution in [-0.4, -0.2) is 26.9 Å². The van der Waals surface area contributed by atoms with Crippen molar-refractivity contribution in [3.05, 3.63) is 76.6 Å². The zero-order valence-electron chi connectivity index (χ0n) is 14.3. The highest BCUT2D eigenvalue weighted by Gasteiger charge is 2.12. The van der Waals surface area contributed by atoms with Crippen molar-refractivity contribution in [3.8, 4) is 5.75 Å². The van der Waals surface area contributed by atoms with Crippen LogP contribution in [0.25, 0.3) is 4.96 Å². The lowest BCUT2D eigenvalue weighted by atomic mass is 10.1. The van der Waals surface area contributed by atoms with Crippen molar-refractivity contribution < 1.29 is 4.74 Å². The van der Waals surface area contributed by atoms with Crippen molar-refractivity contribution in [3.63, 3.8) is 0 Å². The Labute approximate surface area is 162 Å². The minimum absolute atomic E-state index is 0. The average molecular weight is 387 g/mol. The van der Waals surface area contributed by atoms with Crippen molar-refractivity contribution >= 4 is 28.7 Å². The van der Waals surface area contributed by atoms with E-state index in [1.807, 2.05) is 34.8 Å². The molecule has 4 aromatic rings. The van der Waals surface area contributed by atoms with E-state index < -0.39 is 0 Å². The number of rotatable bonds is 6. The fourth-order valence-electron chi connectivity index (χ4n) is 2.73. The first kappa shape index (κ1) is 18.4. The van der Waals surface area contributed by atoms with Crippen molar-refractivity contribution in [1.29, 1.82) is 0 Å². The summed E-state index contributed by atoms with van der Waals surface area (Å²) in [6.45, 7) is 0. The summed E-state index contributed by atoms with van der Waals surface area (Å²) in [4.78, 5) is 0.853. The first-order valence-corrected chi connectivity index (χ1v) is 9.00. The van der Waals surface area contributed by atoms with Gasteiger partial charge >= 0.3 is 0 Å². The van der Waals surface area contributed by atoms with Gasteiger partial charge in [-0.3, -0.25) is 0 Å². The molecule has 2 heterocycles. The Kier molecular flexibility index (Phi) is 5.85. The normalized spacial score (nSPS) is 10.7. The maximum absolute atomic E-state index is 5.20. The van der Waals surface area contributed by atoms with Gasteiger partial charge in [0.05, 0.1) is 7.11 Å². The molecule has 0 amide bonds. The van der Waals surface area contributed by atoms with E-state index in [1.54, 1.807) is 18.4 Å². The molecule has 0 aliphatic rings. The summed E-state index contributed by atoms with van der Waals surface area (Å²) in [5, 5.41) is 14.3. The highest BCUT2D eigenvalue weighted by molar-refractivity contribution is 7.16. The molecule has 0 saturated carbocycles. The number of hydrogen-bond donors (Lipinski definition) is 0. The maximum atomic E-state index is 5.20. The zero-order valence-corrected chi connectivity index (χ0v) is 16.0. The molecule has 0 fully saturated rings. The summed E-state index contributed by atoms with van der Waals surface area (Å²) < 4.78 is 7.07. The van der Waals surface area contributed by atoms with Crippen LogP contribution in [-0.2, 0) is 19.3 Å². The Hall–Kier alpha value is -2.44. The van der Waals surface area contributed by atoms with Crippen LogP contribution < -0.4 is 4.74 Å². The molecule has 0 aliphatic carbocycles. The summed E-state index contributed by atoms with van der Waals surface area (Å²) in [6.07, 6.45) is 2.60. The van der Waals surface area contributed by atoms with Gasteiger partial charge in [0, 0.05) is 12.8 Å². The molecule has 0 radical (unpaired) electrons. The monoisotopic (exact) mass is 386 g/mol. The van der Waals surface area contributed by atoms with Crippen molar-refractivity contribution in [2.45, 2.75) is 19.3 Å². The van der Waals surface area contributed by atoms with Crippen LogP contribution in [0, 0.1) is 0 Å². The molecule has 5 nitrogen and oxygen atoms in total. The Balaban J connectivity index is 0.00000196. The maximum Gasteiger partial charge on any atom is 0.234 e. The number of methoxy groups -OCH3 is 1. The van der Waals surface area contributed by atoms with Crippen molar-refractivity contribution in [1.82, 2.24) is 19.8 Å². The van der Waals surface area contributed by atoms with Crippen LogP contribution in [0.1, 0.15) is 22.0 Å². The van der Waals surface area contributed by atoms with Gasteiger partial charge in [0.15, 0.2) is 5.82 Å². The Morgan fingerprint density at radius 3 is 2.42 bits per heavy atom. The molecule has 7 heteroatoms. The second kappa shape index (κ2) is 8.29. The number of ether oxygens (including phenoxy) is 1. The van der Waals surface area contributed by atoms with E-state index in [4.69, 9.17) is 9.84 Å². The SMILES string of the molecule is COc1ccc(Cc2nnc3sc(CCc4ccccc4)nn23)cc1.Cl. The molecule has 26 heavy (non-hydrogen) atoms. The van der Waals surface area contributed by atoms with Gasteiger partial charge in [-0.1, -0.05) is 53.8 Å². The molecule has 0 atom stereocenters. The lowest BCUT2D eigenvalue weighted by Crippen LogP contribution is -1.99. The molecule has 0 saturated heterocycles. The summed E-state index contributed by atoms with van der Waals surface area (Å²) in [7, 11) is 1.67. The Morgan fingerprint density at radius 1 is 0.923 bits per heavy atom. The molecule has 0 bridgehead atoms. The summed E-state index contributed by atoms with van der Waals surface area (Å²) in [5.41, 5.74) is 2.49. The van der Waals surface area contributed by atoms with Crippen LogP contribution in [0.15, 0.2) is 54.6 Å². The number of fused-ring (bicyclic) bond motifs is 1. The van der Waals surface area contributed by atoms with Gasteiger partial charge in [0.2, 0.25) is 4.96 Å². The third-order valence-corrected chi connectivity index (χ3v) is 5.05. The number of nitrogens with zero attached hydrogens (tertiary/aromatic N) is 4. The molecule has 2 aromatic heterocycles. The smallest absolute Gasteiger partial charge is 0.234 e. The van der Waals surface area contributed by atoms with Gasteiger partial charge in [-0.25, -0.2) is 0 Å². The molecule has 0 N–H and O–H groups in total. The zero-order chi connectivity index (χ0) is 17.1. The number of hydrogen-bond acceptors (Lipinski definition) is 5. The van der Waals surface area contributed by atoms with Gasteiger partial charge in [-0.05, 0) is 29.7 Å². The van der Waals surface area contributed by atoms with Gasteiger partial charge in [0.25, 0.3) is 0 Å². The molecule has 0 spiro atoms. The second-order valence-corrected chi connectivity index (χ2v) is 6.86. The van der Waals surface area contributed by atoms with Crippen LogP contribution in [0.5, 0.6) is 5.75 Å². The number of benzene rings is 2. The van der Waals surface area contributed by atoms with Crippen LogP contribution in [0.2, 0.25) is 0 Å². The quantitative estimate of drug-likeness (QED) is 0.502. The van der Waals surface area contributed by atoms with Crippen LogP contribution in [0.3, 0.4) is 0 Å².